The highest BCUT2D eigenvalue weighted by molar-refractivity contribution is 7.99. The van der Waals surface area contributed by atoms with Crippen LogP contribution in [0.4, 0.5) is 4.39 Å². The fraction of sp³-hybridized carbons (Fsp3) is 0.353. The fourth-order valence-corrected chi connectivity index (χ4v) is 3.81. The Kier molecular flexibility index (Phi) is 4.15. The van der Waals surface area contributed by atoms with Gasteiger partial charge in [0.2, 0.25) is 0 Å². The van der Waals surface area contributed by atoms with Gasteiger partial charge in [-0.2, -0.15) is 11.8 Å². The van der Waals surface area contributed by atoms with Crippen molar-refractivity contribution in [1.82, 2.24) is 5.32 Å². The van der Waals surface area contributed by atoms with Gasteiger partial charge in [0.05, 0.1) is 0 Å². The minimum Gasteiger partial charge on any atom is -0.349 e. The fourth-order valence-electron chi connectivity index (χ4n) is 3.01. The van der Waals surface area contributed by atoms with Crippen molar-refractivity contribution in [3.05, 3.63) is 47.8 Å². The van der Waals surface area contributed by atoms with E-state index in [9.17, 15) is 9.18 Å². The molecule has 110 valence electrons. The van der Waals surface area contributed by atoms with Gasteiger partial charge in [0.15, 0.2) is 0 Å². The molecule has 2 aromatic carbocycles. The molecule has 0 heterocycles. The molecule has 0 aliphatic heterocycles. The number of halogens is 1. The Morgan fingerprint density at radius 2 is 1.95 bits per heavy atom. The van der Waals surface area contributed by atoms with E-state index in [4.69, 9.17) is 0 Å². The Labute approximate surface area is 128 Å². The van der Waals surface area contributed by atoms with E-state index in [0.29, 0.717) is 21.6 Å². The lowest BCUT2D eigenvalue weighted by atomic mass is 10.0. The molecule has 4 heteroatoms. The average Bonchev–Trinajstić information content (AvgIpc) is 2.95. The number of hydrogen-bond donors (Lipinski definition) is 1. The summed E-state index contributed by atoms with van der Waals surface area (Å²) in [6.45, 7) is 0. The standard InChI is InChI=1S/C17H18FNOS/c1-21-12-7-6-11(10-12)19-17(20)15-8-9-16(18)14-5-3-2-4-13(14)15/h2-5,8-9,11-12H,6-7,10H2,1H3,(H,19,20). The molecule has 0 radical (unpaired) electrons. The Morgan fingerprint density at radius 1 is 1.19 bits per heavy atom. The minimum atomic E-state index is -0.287. The molecule has 3 rings (SSSR count). The largest absolute Gasteiger partial charge is 0.349 e. The zero-order chi connectivity index (χ0) is 14.8. The Balaban J connectivity index is 1.84. The van der Waals surface area contributed by atoms with Gasteiger partial charge in [0.1, 0.15) is 5.82 Å². The monoisotopic (exact) mass is 303 g/mol. The van der Waals surface area contributed by atoms with E-state index < -0.39 is 0 Å². The third-order valence-corrected chi connectivity index (χ3v) is 5.26. The van der Waals surface area contributed by atoms with Crippen molar-refractivity contribution in [3.63, 3.8) is 0 Å². The second kappa shape index (κ2) is 6.06. The highest BCUT2D eigenvalue weighted by atomic mass is 32.2. The lowest BCUT2D eigenvalue weighted by Gasteiger charge is -2.14. The van der Waals surface area contributed by atoms with Crippen LogP contribution in [0, 0.1) is 5.82 Å². The van der Waals surface area contributed by atoms with Crippen molar-refractivity contribution in [1.29, 1.82) is 0 Å². The number of fused-ring (bicyclic) bond motifs is 1. The first kappa shape index (κ1) is 14.4. The number of rotatable bonds is 3. The van der Waals surface area contributed by atoms with Crippen LogP contribution in [0.2, 0.25) is 0 Å². The van der Waals surface area contributed by atoms with Crippen LogP contribution < -0.4 is 5.32 Å². The van der Waals surface area contributed by atoms with E-state index in [1.54, 1.807) is 24.3 Å². The van der Waals surface area contributed by atoms with Gasteiger partial charge in [0.25, 0.3) is 5.91 Å². The smallest absolute Gasteiger partial charge is 0.252 e. The molecule has 2 atom stereocenters. The maximum atomic E-state index is 13.8. The molecular formula is C17H18FNOS. The van der Waals surface area contributed by atoms with Crippen LogP contribution in [-0.4, -0.2) is 23.5 Å². The molecule has 1 aliphatic rings. The summed E-state index contributed by atoms with van der Waals surface area (Å²) < 4.78 is 13.8. The molecule has 1 fully saturated rings. The summed E-state index contributed by atoms with van der Waals surface area (Å²) in [5.41, 5.74) is 0.555. The first-order valence-electron chi connectivity index (χ1n) is 7.20. The van der Waals surface area contributed by atoms with Crippen LogP contribution in [0.15, 0.2) is 36.4 Å². The highest BCUT2D eigenvalue weighted by Crippen LogP contribution is 2.29. The van der Waals surface area contributed by atoms with E-state index in [-0.39, 0.29) is 17.8 Å². The third-order valence-electron chi connectivity index (χ3n) is 4.17. The molecule has 0 saturated heterocycles. The second-order valence-corrected chi connectivity index (χ2v) is 6.62. The SMILES string of the molecule is CSC1CCC(NC(=O)c2ccc(F)c3ccccc23)C1. The number of carbonyl (C=O) groups is 1. The lowest BCUT2D eigenvalue weighted by Crippen LogP contribution is -2.33. The summed E-state index contributed by atoms with van der Waals surface area (Å²) in [5.74, 6) is -0.386. The molecule has 21 heavy (non-hydrogen) atoms. The van der Waals surface area contributed by atoms with Crippen LogP contribution in [0.5, 0.6) is 0 Å². The predicted molar refractivity (Wildman–Crippen MR) is 86.3 cm³/mol. The van der Waals surface area contributed by atoms with Gasteiger partial charge >= 0.3 is 0 Å². The Hall–Kier alpha value is -1.55. The molecule has 2 nitrogen and oxygen atoms in total. The molecule has 1 saturated carbocycles. The van der Waals surface area contributed by atoms with Gasteiger partial charge in [0, 0.05) is 22.2 Å². The van der Waals surface area contributed by atoms with Crippen LogP contribution >= 0.6 is 11.8 Å². The van der Waals surface area contributed by atoms with E-state index in [1.807, 2.05) is 17.8 Å². The minimum absolute atomic E-state index is 0.0991. The number of nitrogens with one attached hydrogen (secondary N) is 1. The number of amides is 1. The topological polar surface area (TPSA) is 29.1 Å². The summed E-state index contributed by atoms with van der Waals surface area (Å²) >= 11 is 1.86. The number of benzene rings is 2. The lowest BCUT2D eigenvalue weighted by molar-refractivity contribution is 0.0939. The van der Waals surface area contributed by atoms with Crippen molar-refractivity contribution >= 4 is 28.4 Å². The van der Waals surface area contributed by atoms with Gasteiger partial charge in [-0.15, -0.1) is 0 Å². The van der Waals surface area contributed by atoms with Crippen LogP contribution in [0.3, 0.4) is 0 Å². The van der Waals surface area contributed by atoms with E-state index in [0.717, 1.165) is 19.3 Å². The molecule has 0 bridgehead atoms. The molecule has 1 N–H and O–H groups in total. The quantitative estimate of drug-likeness (QED) is 0.929. The molecule has 2 aromatic rings. The van der Waals surface area contributed by atoms with Crippen LogP contribution in [-0.2, 0) is 0 Å². The first-order valence-corrected chi connectivity index (χ1v) is 8.48. The molecule has 0 aromatic heterocycles. The van der Waals surface area contributed by atoms with Crippen molar-refractivity contribution in [2.45, 2.75) is 30.6 Å². The van der Waals surface area contributed by atoms with Gasteiger partial charge in [-0.1, -0.05) is 24.3 Å². The maximum Gasteiger partial charge on any atom is 0.252 e. The second-order valence-electron chi connectivity index (χ2n) is 5.48. The van der Waals surface area contributed by atoms with Crippen molar-refractivity contribution < 1.29 is 9.18 Å². The molecule has 1 amide bonds. The van der Waals surface area contributed by atoms with Crippen LogP contribution in [0.25, 0.3) is 10.8 Å². The number of thioether (sulfide) groups is 1. The average molecular weight is 303 g/mol. The zero-order valence-corrected chi connectivity index (χ0v) is 12.8. The number of carbonyl (C=O) groups excluding carboxylic acids is 1. The van der Waals surface area contributed by atoms with E-state index in [1.165, 1.54) is 6.07 Å². The summed E-state index contributed by atoms with van der Waals surface area (Å²) in [6.07, 6.45) is 5.31. The summed E-state index contributed by atoms with van der Waals surface area (Å²) in [5, 5.41) is 4.91. The van der Waals surface area contributed by atoms with Gasteiger partial charge in [-0.25, -0.2) is 4.39 Å². The summed E-state index contributed by atoms with van der Waals surface area (Å²) in [7, 11) is 0. The Morgan fingerprint density at radius 3 is 2.67 bits per heavy atom. The molecule has 0 spiro atoms. The van der Waals surface area contributed by atoms with Gasteiger partial charge in [-0.3, -0.25) is 4.79 Å². The van der Waals surface area contributed by atoms with E-state index in [2.05, 4.69) is 11.6 Å². The van der Waals surface area contributed by atoms with Gasteiger partial charge in [-0.05, 0) is 43.0 Å². The highest BCUT2D eigenvalue weighted by Gasteiger charge is 2.25. The maximum absolute atomic E-state index is 13.8. The molecular weight excluding hydrogens is 285 g/mol. The molecule has 2 unspecified atom stereocenters. The van der Waals surface area contributed by atoms with Gasteiger partial charge < -0.3 is 5.32 Å². The van der Waals surface area contributed by atoms with E-state index >= 15 is 0 Å². The van der Waals surface area contributed by atoms with Crippen molar-refractivity contribution in [2.75, 3.05) is 6.26 Å². The summed E-state index contributed by atoms with van der Waals surface area (Å²) in [6, 6.07) is 10.3. The predicted octanol–water partition coefficient (Wildman–Crippen LogP) is 3.99. The first-order chi connectivity index (χ1) is 10.2. The zero-order valence-electron chi connectivity index (χ0n) is 11.9. The van der Waals surface area contributed by atoms with Crippen molar-refractivity contribution in [2.24, 2.45) is 0 Å². The van der Waals surface area contributed by atoms with Crippen molar-refractivity contribution in [3.8, 4) is 0 Å². The normalized spacial score (nSPS) is 21.6. The molecule has 1 aliphatic carbocycles. The van der Waals surface area contributed by atoms with Crippen LogP contribution in [0.1, 0.15) is 29.6 Å². The number of hydrogen-bond acceptors (Lipinski definition) is 2. The summed E-state index contributed by atoms with van der Waals surface area (Å²) in [4.78, 5) is 12.5. The third kappa shape index (κ3) is 2.91. The Bertz CT molecular complexity index is 673.